The van der Waals surface area contributed by atoms with Crippen molar-refractivity contribution < 1.29 is 14.3 Å². The molecule has 0 aliphatic rings. The van der Waals surface area contributed by atoms with E-state index in [9.17, 15) is 9.59 Å². The molecule has 5 heteroatoms. The number of ether oxygens (including phenoxy) is 1. The molecule has 4 rings (SSSR count). The van der Waals surface area contributed by atoms with E-state index < -0.39 is 18.5 Å². The molecule has 1 unspecified atom stereocenters. The summed E-state index contributed by atoms with van der Waals surface area (Å²) >= 11 is 0. The predicted molar refractivity (Wildman–Crippen MR) is 139 cm³/mol. The van der Waals surface area contributed by atoms with Crippen LogP contribution in [0.1, 0.15) is 17.3 Å². The van der Waals surface area contributed by atoms with Gasteiger partial charge in [0.05, 0.1) is 7.11 Å². The molecule has 4 aromatic rings. The van der Waals surface area contributed by atoms with Gasteiger partial charge in [0.15, 0.2) is 0 Å². The lowest BCUT2D eigenvalue weighted by Gasteiger charge is -2.40. The number of rotatable bonds is 7. The molecular formula is C29H27NO3P+. The largest absolute Gasteiger partial charge is 0.464 e. The molecule has 0 aliphatic carbocycles. The fourth-order valence-corrected chi connectivity index (χ4v) is 9.47. The minimum atomic E-state index is -2.83. The third kappa shape index (κ3) is 4.02. The zero-order valence-corrected chi connectivity index (χ0v) is 20.1. The van der Waals surface area contributed by atoms with Crippen LogP contribution in [0.15, 0.2) is 121 Å². The lowest BCUT2D eigenvalue weighted by molar-refractivity contribution is -0.143. The van der Waals surface area contributed by atoms with Gasteiger partial charge in [-0.15, -0.1) is 0 Å². The molecule has 1 N–H and O–H groups in total. The number of benzene rings is 4. The first-order valence-electron chi connectivity index (χ1n) is 11.1. The third-order valence-electron chi connectivity index (χ3n) is 6.08. The molecule has 0 saturated heterocycles. The zero-order chi connectivity index (χ0) is 24.0. The van der Waals surface area contributed by atoms with Crippen LogP contribution in [-0.2, 0) is 9.53 Å². The van der Waals surface area contributed by atoms with Crippen LogP contribution >= 0.6 is 7.26 Å². The number of esters is 1. The van der Waals surface area contributed by atoms with Gasteiger partial charge in [0.25, 0.3) is 11.2 Å². The highest BCUT2D eigenvalue weighted by molar-refractivity contribution is 7.97. The van der Waals surface area contributed by atoms with Crippen LogP contribution in [0, 0.1) is 0 Å². The summed E-state index contributed by atoms with van der Waals surface area (Å²) in [6, 6.07) is 38.8. The summed E-state index contributed by atoms with van der Waals surface area (Å²) in [6.07, 6.45) is 0. The van der Waals surface area contributed by atoms with Crippen LogP contribution in [0.2, 0.25) is 0 Å². The van der Waals surface area contributed by atoms with Crippen LogP contribution in [0.25, 0.3) is 0 Å². The molecule has 0 saturated carbocycles. The molecule has 170 valence electrons. The summed E-state index contributed by atoms with van der Waals surface area (Å²) in [6.45, 7) is 1.79. The number of nitrogens with one attached hydrogen (secondary N) is 1. The van der Waals surface area contributed by atoms with E-state index in [-0.39, 0.29) is 5.91 Å². The van der Waals surface area contributed by atoms with Crippen molar-refractivity contribution in [3.05, 3.63) is 127 Å². The number of hydrogen-bond acceptors (Lipinski definition) is 3. The van der Waals surface area contributed by atoms with E-state index in [4.69, 9.17) is 4.74 Å². The smallest absolute Gasteiger partial charge is 0.372 e. The van der Waals surface area contributed by atoms with E-state index in [0.29, 0.717) is 5.56 Å². The van der Waals surface area contributed by atoms with Crippen LogP contribution in [-0.4, -0.2) is 24.3 Å². The Bertz CT molecular complexity index is 1150. The van der Waals surface area contributed by atoms with Crippen molar-refractivity contribution in [1.29, 1.82) is 0 Å². The summed E-state index contributed by atoms with van der Waals surface area (Å²) in [4.78, 5) is 27.3. The zero-order valence-electron chi connectivity index (χ0n) is 19.2. The lowest BCUT2D eigenvalue weighted by Crippen LogP contribution is -2.61. The van der Waals surface area contributed by atoms with Gasteiger partial charge in [0.1, 0.15) is 23.2 Å². The van der Waals surface area contributed by atoms with Crippen LogP contribution in [0.4, 0.5) is 0 Å². The van der Waals surface area contributed by atoms with E-state index in [0.717, 1.165) is 15.9 Å². The molecule has 1 amide bonds. The number of amides is 1. The van der Waals surface area contributed by atoms with Crippen molar-refractivity contribution in [2.75, 3.05) is 7.11 Å². The second-order valence-electron chi connectivity index (χ2n) is 8.06. The molecule has 0 fully saturated rings. The van der Waals surface area contributed by atoms with E-state index in [1.807, 2.05) is 97.1 Å². The minimum Gasteiger partial charge on any atom is -0.464 e. The van der Waals surface area contributed by atoms with Gasteiger partial charge in [-0.2, -0.15) is 0 Å². The van der Waals surface area contributed by atoms with Crippen molar-refractivity contribution in [2.24, 2.45) is 0 Å². The first kappa shape index (κ1) is 23.4. The van der Waals surface area contributed by atoms with Gasteiger partial charge in [0, 0.05) is 12.5 Å². The molecule has 0 heterocycles. The van der Waals surface area contributed by atoms with Gasteiger partial charge in [-0.25, -0.2) is 4.79 Å². The molecule has 0 radical (unpaired) electrons. The molecule has 0 bridgehead atoms. The maximum absolute atomic E-state index is 13.8. The van der Waals surface area contributed by atoms with Gasteiger partial charge in [-0.3, -0.25) is 4.79 Å². The van der Waals surface area contributed by atoms with E-state index in [1.54, 1.807) is 31.2 Å². The summed E-state index contributed by atoms with van der Waals surface area (Å²) < 4.78 is 5.40. The molecule has 4 aromatic carbocycles. The van der Waals surface area contributed by atoms with Crippen molar-refractivity contribution in [3.63, 3.8) is 0 Å². The Morgan fingerprint density at radius 2 is 1.00 bits per heavy atom. The first-order chi connectivity index (χ1) is 16.5. The van der Waals surface area contributed by atoms with Gasteiger partial charge in [-0.05, 0) is 48.5 Å². The van der Waals surface area contributed by atoms with Crippen LogP contribution in [0.5, 0.6) is 0 Å². The average molecular weight is 469 g/mol. The highest BCUT2D eigenvalue weighted by Crippen LogP contribution is 2.65. The van der Waals surface area contributed by atoms with Gasteiger partial charge >= 0.3 is 5.97 Å². The molecule has 0 aliphatic heterocycles. The first-order valence-corrected chi connectivity index (χ1v) is 12.8. The highest BCUT2D eigenvalue weighted by atomic mass is 31.2. The summed E-state index contributed by atoms with van der Waals surface area (Å²) in [5, 5.41) is 4.64. The molecule has 1 atom stereocenters. The monoisotopic (exact) mass is 468 g/mol. The maximum atomic E-state index is 13.8. The van der Waals surface area contributed by atoms with E-state index in [2.05, 4.69) is 5.32 Å². The van der Waals surface area contributed by atoms with Crippen LogP contribution in [0.3, 0.4) is 0 Å². The van der Waals surface area contributed by atoms with E-state index in [1.165, 1.54) is 7.11 Å². The van der Waals surface area contributed by atoms with Gasteiger partial charge < -0.3 is 10.1 Å². The van der Waals surface area contributed by atoms with Crippen LogP contribution < -0.4 is 21.2 Å². The van der Waals surface area contributed by atoms with Crippen molar-refractivity contribution >= 4 is 35.1 Å². The molecule has 0 spiro atoms. The minimum absolute atomic E-state index is 0.333. The Kier molecular flexibility index (Phi) is 6.90. The SMILES string of the molecule is COC(=O)C(C)(NC(=O)c1ccccc1)[P+](c1ccccc1)(c1ccccc1)c1ccccc1. The Morgan fingerprint density at radius 3 is 1.35 bits per heavy atom. The Morgan fingerprint density at radius 1 is 0.647 bits per heavy atom. The number of hydrogen-bond donors (Lipinski definition) is 1. The Balaban J connectivity index is 2.07. The fourth-order valence-electron chi connectivity index (χ4n) is 4.53. The second-order valence-corrected chi connectivity index (χ2v) is 11.8. The van der Waals surface area contributed by atoms with Gasteiger partial charge in [0.2, 0.25) is 0 Å². The fraction of sp³-hybridized carbons (Fsp3) is 0.103. The lowest BCUT2D eigenvalue weighted by atomic mass is 10.2. The summed E-state index contributed by atoms with van der Waals surface area (Å²) in [7, 11) is -1.46. The molecule has 0 aromatic heterocycles. The van der Waals surface area contributed by atoms with Gasteiger partial charge in [-0.1, -0.05) is 72.8 Å². The molecule has 34 heavy (non-hydrogen) atoms. The molecule has 4 nitrogen and oxygen atoms in total. The average Bonchev–Trinajstić information content (AvgIpc) is 2.91. The normalized spacial score (nSPS) is 12.9. The maximum Gasteiger partial charge on any atom is 0.372 e. The Hall–Kier alpha value is -3.75. The third-order valence-corrected chi connectivity index (χ3v) is 10.9. The highest BCUT2D eigenvalue weighted by Gasteiger charge is 2.66. The standard InChI is InChI=1S/C29H26NO3P/c1-29(28(32)33-2,30-27(31)23-15-7-3-8-16-23)34(24-17-9-4-10-18-24,25-19-11-5-12-20-25)26-21-13-6-14-22-26/h3-22H,1-2H3/p+1. The van der Waals surface area contributed by atoms with E-state index >= 15 is 0 Å². The topological polar surface area (TPSA) is 55.4 Å². The number of carbonyl (C=O) groups excluding carboxylic acids is 2. The summed E-state index contributed by atoms with van der Waals surface area (Å²) in [5.41, 5.74) is 0.477. The number of methoxy groups -OCH3 is 1. The predicted octanol–water partition coefficient (Wildman–Crippen LogP) is 4.30. The number of carbonyl (C=O) groups is 2. The second kappa shape index (κ2) is 10.0. The summed E-state index contributed by atoms with van der Waals surface area (Å²) in [5.74, 6) is -0.831. The van der Waals surface area contributed by atoms with Crippen molar-refractivity contribution in [3.8, 4) is 0 Å². The molecular weight excluding hydrogens is 441 g/mol. The quantitative estimate of drug-likeness (QED) is 0.325. The Labute approximate surface area is 200 Å². The van der Waals surface area contributed by atoms with Crippen molar-refractivity contribution in [2.45, 2.75) is 12.2 Å². The van der Waals surface area contributed by atoms with Crippen molar-refractivity contribution in [1.82, 2.24) is 5.32 Å².